The third-order valence-corrected chi connectivity index (χ3v) is 6.61. The summed E-state index contributed by atoms with van der Waals surface area (Å²) in [7, 11) is 0. The molecule has 1 saturated carbocycles. The molecule has 6 nitrogen and oxygen atoms in total. The molecule has 0 unspecified atom stereocenters. The average Bonchev–Trinajstić information content (AvgIpc) is 3.26. The number of hydrogen-bond acceptors (Lipinski definition) is 6. The summed E-state index contributed by atoms with van der Waals surface area (Å²) in [6.07, 6.45) is 5.40. The highest BCUT2D eigenvalue weighted by Crippen LogP contribution is 2.39. The monoisotopic (exact) mass is 456 g/mol. The van der Waals surface area contributed by atoms with Crippen molar-refractivity contribution >= 4 is 22.9 Å². The zero-order valence-corrected chi connectivity index (χ0v) is 17.9. The molecule has 166 valence electrons. The number of nitrogens with two attached hydrogens (primary N) is 1. The topological polar surface area (TPSA) is 101 Å². The normalized spacial score (nSPS) is 23.0. The van der Waals surface area contributed by atoms with Crippen molar-refractivity contribution in [1.29, 1.82) is 0 Å². The van der Waals surface area contributed by atoms with Gasteiger partial charge in [0.05, 0.1) is 23.6 Å². The maximum absolute atomic E-state index is 14.1. The van der Waals surface area contributed by atoms with Gasteiger partial charge in [-0.25, -0.2) is 13.8 Å². The quantitative estimate of drug-likeness (QED) is 0.502. The van der Waals surface area contributed by atoms with Crippen molar-refractivity contribution in [1.82, 2.24) is 9.97 Å². The zero-order valence-electron chi connectivity index (χ0n) is 17.0. The van der Waals surface area contributed by atoms with Gasteiger partial charge < -0.3 is 16.2 Å². The van der Waals surface area contributed by atoms with Crippen LogP contribution in [0.1, 0.15) is 34.8 Å². The van der Waals surface area contributed by atoms with Gasteiger partial charge in [0.1, 0.15) is 22.3 Å². The van der Waals surface area contributed by atoms with Gasteiger partial charge in [0.2, 0.25) is 0 Å². The lowest BCUT2D eigenvalue weighted by Gasteiger charge is -2.37. The van der Waals surface area contributed by atoms with Crippen LogP contribution in [-0.4, -0.2) is 33.1 Å². The number of aliphatic hydroxyl groups excluding tert-OH is 1. The molecule has 0 bridgehead atoms. The Hall–Kier alpha value is -3.01. The molecule has 1 amide bonds. The van der Waals surface area contributed by atoms with E-state index in [2.05, 4.69) is 21.9 Å². The molecule has 4 N–H and O–H groups in total. The second-order valence-corrected chi connectivity index (χ2v) is 8.63. The first kappa shape index (κ1) is 22.2. The lowest BCUT2D eigenvalue weighted by molar-refractivity contribution is 0.0649. The maximum Gasteiger partial charge on any atom is 0.275 e. The van der Waals surface area contributed by atoms with Crippen molar-refractivity contribution in [3.63, 3.8) is 0 Å². The minimum Gasteiger partial charge on any atom is -0.391 e. The van der Waals surface area contributed by atoms with Gasteiger partial charge in [-0.3, -0.25) is 9.78 Å². The number of anilines is 1. The van der Waals surface area contributed by atoms with Crippen LogP contribution in [0, 0.1) is 17.6 Å². The standard InChI is InChI=1S/C23H22F2N4O2S/c1-2-12-8-13(9-17(26)21(12)30)14-6-7-27-10-18(14)28-22(31)19-11-32-23(29-19)20-15(24)4-3-5-16(20)25/h2-7,10-13,17,21,30H,1,8-9,26H2,(H,28,31)/t12-,13+,17+,21-/m0/s1. The van der Waals surface area contributed by atoms with Gasteiger partial charge in [-0.05, 0) is 42.5 Å². The summed E-state index contributed by atoms with van der Waals surface area (Å²) in [5, 5.41) is 14.6. The third kappa shape index (κ3) is 4.32. The van der Waals surface area contributed by atoms with Crippen molar-refractivity contribution in [2.45, 2.75) is 30.9 Å². The molecule has 0 spiro atoms. The number of rotatable bonds is 5. The van der Waals surface area contributed by atoms with Crippen molar-refractivity contribution in [2.24, 2.45) is 11.7 Å². The molecule has 0 radical (unpaired) electrons. The van der Waals surface area contributed by atoms with E-state index in [1.165, 1.54) is 17.6 Å². The molecule has 4 atom stereocenters. The molecule has 2 heterocycles. The van der Waals surface area contributed by atoms with Gasteiger partial charge in [-0.1, -0.05) is 12.1 Å². The van der Waals surface area contributed by atoms with E-state index in [0.717, 1.165) is 29.0 Å². The summed E-state index contributed by atoms with van der Waals surface area (Å²) in [6, 6.07) is 4.96. The second-order valence-electron chi connectivity index (χ2n) is 7.77. The van der Waals surface area contributed by atoms with E-state index in [-0.39, 0.29) is 28.1 Å². The number of halogens is 2. The average molecular weight is 457 g/mol. The number of hydrogen-bond donors (Lipinski definition) is 3. The number of nitrogens with one attached hydrogen (secondary N) is 1. The van der Waals surface area contributed by atoms with Gasteiger partial charge in [-0.2, -0.15) is 0 Å². The Morgan fingerprint density at radius 3 is 2.75 bits per heavy atom. The Morgan fingerprint density at radius 2 is 2.03 bits per heavy atom. The number of benzene rings is 1. The number of aromatic nitrogens is 2. The van der Waals surface area contributed by atoms with Crippen LogP contribution in [0.3, 0.4) is 0 Å². The molecular weight excluding hydrogens is 434 g/mol. The van der Waals surface area contributed by atoms with E-state index in [9.17, 15) is 18.7 Å². The Bertz CT molecular complexity index is 1130. The summed E-state index contributed by atoms with van der Waals surface area (Å²) in [5.41, 5.74) is 7.26. The largest absolute Gasteiger partial charge is 0.391 e. The smallest absolute Gasteiger partial charge is 0.275 e. The van der Waals surface area contributed by atoms with Crippen LogP contribution in [0.25, 0.3) is 10.6 Å². The Balaban J connectivity index is 1.57. The van der Waals surface area contributed by atoms with E-state index in [1.54, 1.807) is 12.3 Å². The fourth-order valence-electron chi connectivity index (χ4n) is 4.09. The molecule has 32 heavy (non-hydrogen) atoms. The number of aliphatic hydroxyl groups is 1. The van der Waals surface area contributed by atoms with Gasteiger partial charge in [-0.15, -0.1) is 17.9 Å². The summed E-state index contributed by atoms with van der Waals surface area (Å²) in [4.78, 5) is 21.1. The molecular formula is C23H22F2N4O2S. The molecule has 9 heteroatoms. The number of pyridine rings is 1. The van der Waals surface area contributed by atoms with Crippen LogP contribution in [0.5, 0.6) is 0 Å². The number of carbonyl (C=O) groups is 1. The lowest BCUT2D eigenvalue weighted by atomic mass is 9.74. The van der Waals surface area contributed by atoms with Crippen molar-refractivity contribution < 1.29 is 18.7 Å². The van der Waals surface area contributed by atoms with Crippen molar-refractivity contribution in [3.05, 3.63) is 77.6 Å². The fourth-order valence-corrected chi connectivity index (χ4v) is 4.93. The molecule has 0 aliphatic heterocycles. The van der Waals surface area contributed by atoms with E-state index < -0.39 is 29.7 Å². The van der Waals surface area contributed by atoms with E-state index >= 15 is 0 Å². The first-order valence-electron chi connectivity index (χ1n) is 10.1. The van der Waals surface area contributed by atoms with Gasteiger partial charge in [0.25, 0.3) is 5.91 Å². The van der Waals surface area contributed by atoms with Crippen LogP contribution < -0.4 is 11.1 Å². The molecule has 2 aromatic heterocycles. The molecule has 1 aliphatic carbocycles. The minimum atomic E-state index is -0.742. The molecule has 0 saturated heterocycles. The predicted octanol–water partition coefficient (Wildman–Crippen LogP) is 4.10. The number of nitrogens with zero attached hydrogens (tertiary/aromatic N) is 2. The number of carbonyl (C=O) groups excluding carboxylic acids is 1. The second kappa shape index (κ2) is 9.23. The highest BCUT2D eigenvalue weighted by Gasteiger charge is 2.35. The fraction of sp³-hybridized carbons (Fsp3) is 0.261. The Labute approximate surface area is 187 Å². The maximum atomic E-state index is 14.1. The van der Waals surface area contributed by atoms with Crippen LogP contribution in [-0.2, 0) is 0 Å². The molecule has 1 aliphatic rings. The zero-order chi connectivity index (χ0) is 22.8. The van der Waals surface area contributed by atoms with Crippen molar-refractivity contribution in [3.8, 4) is 10.6 Å². The van der Waals surface area contributed by atoms with Gasteiger partial charge in [0, 0.05) is 23.5 Å². The number of amides is 1. The van der Waals surface area contributed by atoms with Gasteiger partial charge >= 0.3 is 0 Å². The van der Waals surface area contributed by atoms with Crippen LogP contribution in [0.15, 0.2) is 54.7 Å². The first-order valence-corrected chi connectivity index (χ1v) is 11.0. The summed E-state index contributed by atoms with van der Waals surface area (Å²) >= 11 is 0.983. The first-order chi connectivity index (χ1) is 15.4. The summed E-state index contributed by atoms with van der Waals surface area (Å²) in [6.45, 7) is 3.79. The Morgan fingerprint density at radius 1 is 1.28 bits per heavy atom. The number of thiazole rings is 1. The summed E-state index contributed by atoms with van der Waals surface area (Å²) < 4.78 is 28.1. The van der Waals surface area contributed by atoms with Gasteiger partial charge in [0.15, 0.2) is 0 Å². The van der Waals surface area contributed by atoms with Crippen LogP contribution in [0.4, 0.5) is 14.5 Å². The highest BCUT2D eigenvalue weighted by molar-refractivity contribution is 7.13. The molecule has 1 fully saturated rings. The van der Waals surface area contributed by atoms with E-state index in [1.807, 2.05) is 6.07 Å². The van der Waals surface area contributed by atoms with E-state index in [0.29, 0.717) is 18.5 Å². The van der Waals surface area contributed by atoms with Crippen LogP contribution in [0.2, 0.25) is 0 Å². The molecule has 1 aromatic carbocycles. The SMILES string of the molecule is C=C[C@H]1C[C@@H](c2ccncc2NC(=O)c2csc(-c3c(F)cccc3F)n2)C[C@@H](N)[C@H]1O. The van der Waals surface area contributed by atoms with E-state index in [4.69, 9.17) is 5.73 Å². The molecule has 3 aromatic rings. The Kier molecular flexibility index (Phi) is 6.40. The summed E-state index contributed by atoms with van der Waals surface area (Å²) in [5.74, 6) is -2.16. The molecule has 4 rings (SSSR count). The minimum absolute atomic E-state index is 0.00629. The predicted molar refractivity (Wildman–Crippen MR) is 119 cm³/mol. The van der Waals surface area contributed by atoms with Crippen LogP contribution >= 0.6 is 11.3 Å². The van der Waals surface area contributed by atoms with Crippen molar-refractivity contribution in [2.75, 3.05) is 5.32 Å². The third-order valence-electron chi connectivity index (χ3n) is 5.75. The highest BCUT2D eigenvalue weighted by atomic mass is 32.1. The lowest BCUT2D eigenvalue weighted by Crippen LogP contribution is -2.45.